The zero-order valence-corrected chi connectivity index (χ0v) is 11.2. The second-order valence-electron chi connectivity index (χ2n) is 4.45. The number of aromatic nitrogens is 2. The van der Waals surface area contributed by atoms with E-state index in [0.29, 0.717) is 17.6 Å². The summed E-state index contributed by atoms with van der Waals surface area (Å²) in [6.07, 6.45) is 5.28. The molecule has 0 aliphatic heterocycles. The third-order valence-corrected chi connectivity index (χ3v) is 2.60. The van der Waals surface area contributed by atoms with Crippen molar-refractivity contribution in [2.75, 3.05) is 17.7 Å². The van der Waals surface area contributed by atoms with Crippen LogP contribution in [0.5, 0.6) is 0 Å². The second-order valence-corrected chi connectivity index (χ2v) is 4.83. The molecule has 0 bridgehead atoms. The summed E-state index contributed by atoms with van der Waals surface area (Å²) in [6, 6.07) is 0. The highest BCUT2D eigenvalue weighted by atomic mass is 35.5. The van der Waals surface area contributed by atoms with Crippen LogP contribution in [-0.2, 0) is 6.54 Å². The van der Waals surface area contributed by atoms with Gasteiger partial charge in [-0.2, -0.15) is 0 Å². The van der Waals surface area contributed by atoms with Crippen LogP contribution in [-0.4, -0.2) is 22.0 Å². The molecule has 1 heterocycles. The molecule has 1 aromatic heterocycles. The first kappa shape index (κ1) is 14.0. The van der Waals surface area contributed by atoms with Gasteiger partial charge in [-0.05, 0) is 18.8 Å². The lowest BCUT2D eigenvalue weighted by Gasteiger charge is -2.10. The third kappa shape index (κ3) is 4.77. The number of alkyl halides is 1. The number of nitrogens with zero attached hydrogens (tertiary/aromatic N) is 2. The van der Waals surface area contributed by atoms with Gasteiger partial charge in [-0.3, -0.25) is 4.79 Å². The number of hydrogen-bond acceptors (Lipinski definition) is 3. The minimum Gasteiger partial charge on any atom is -0.365 e. The van der Waals surface area contributed by atoms with Crippen molar-refractivity contribution in [3.8, 4) is 0 Å². The van der Waals surface area contributed by atoms with Crippen molar-refractivity contribution in [2.24, 2.45) is 5.92 Å². The molecule has 1 rings (SSSR count). The standard InChI is InChI=1S/C12H20ClN3O/c1-10(2)9-16-8-7-15-11(12(16)17)14-6-4-3-5-13/h7-8,10H,3-6,9H2,1-2H3,(H,14,15). The van der Waals surface area contributed by atoms with E-state index in [1.165, 1.54) is 0 Å². The molecule has 1 aromatic rings. The molecule has 0 spiro atoms. The maximum atomic E-state index is 12.0. The largest absolute Gasteiger partial charge is 0.365 e. The van der Waals surface area contributed by atoms with E-state index < -0.39 is 0 Å². The van der Waals surface area contributed by atoms with Crippen molar-refractivity contribution in [1.82, 2.24) is 9.55 Å². The Morgan fingerprint density at radius 2 is 2.24 bits per heavy atom. The molecule has 0 saturated heterocycles. The molecule has 17 heavy (non-hydrogen) atoms. The summed E-state index contributed by atoms with van der Waals surface area (Å²) in [4.78, 5) is 16.0. The van der Waals surface area contributed by atoms with Crippen LogP contribution in [0.15, 0.2) is 17.2 Å². The van der Waals surface area contributed by atoms with Gasteiger partial charge in [-0.25, -0.2) is 4.98 Å². The molecule has 0 aliphatic carbocycles. The van der Waals surface area contributed by atoms with E-state index in [-0.39, 0.29) is 5.56 Å². The van der Waals surface area contributed by atoms with E-state index in [2.05, 4.69) is 24.1 Å². The van der Waals surface area contributed by atoms with Crippen LogP contribution >= 0.6 is 11.6 Å². The van der Waals surface area contributed by atoms with Crippen molar-refractivity contribution in [2.45, 2.75) is 33.2 Å². The van der Waals surface area contributed by atoms with Crippen LogP contribution < -0.4 is 10.9 Å². The SMILES string of the molecule is CC(C)Cn1ccnc(NCCCCCl)c1=O. The molecule has 5 heteroatoms. The van der Waals surface area contributed by atoms with Gasteiger partial charge in [0.15, 0.2) is 5.82 Å². The molecule has 0 unspecified atom stereocenters. The van der Waals surface area contributed by atoms with Crippen LogP contribution in [0.3, 0.4) is 0 Å². The van der Waals surface area contributed by atoms with Gasteiger partial charge >= 0.3 is 0 Å². The fraction of sp³-hybridized carbons (Fsp3) is 0.667. The number of hydrogen-bond donors (Lipinski definition) is 1. The van der Waals surface area contributed by atoms with E-state index in [4.69, 9.17) is 11.6 Å². The van der Waals surface area contributed by atoms with Crippen LogP contribution in [0, 0.1) is 5.92 Å². The minimum atomic E-state index is -0.0490. The number of unbranched alkanes of at least 4 members (excludes halogenated alkanes) is 1. The summed E-state index contributed by atoms with van der Waals surface area (Å²) >= 11 is 5.59. The quantitative estimate of drug-likeness (QED) is 0.602. The van der Waals surface area contributed by atoms with Gasteiger partial charge in [0.2, 0.25) is 0 Å². The molecule has 0 radical (unpaired) electrons. The van der Waals surface area contributed by atoms with E-state index >= 15 is 0 Å². The van der Waals surface area contributed by atoms with Crippen LogP contribution in [0.1, 0.15) is 26.7 Å². The lowest BCUT2D eigenvalue weighted by molar-refractivity contribution is 0.509. The Labute approximate surface area is 107 Å². The lowest BCUT2D eigenvalue weighted by Crippen LogP contribution is -2.26. The molecule has 0 fully saturated rings. The van der Waals surface area contributed by atoms with Crippen LogP contribution in [0.4, 0.5) is 5.82 Å². The van der Waals surface area contributed by atoms with Gasteiger partial charge < -0.3 is 9.88 Å². The van der Waals surface area contributed by atoms with Gasteiger partial charge in [-0.15, -0.1) is 11.6 Å². The summed E-state index contributed by atoms with van der Waals surface area (Å²) < 4.78 is 1.70. The van der Waals surface area contributed by atoms with Crippen LogP contribution in [0.25, 0.3) is 0 Å². The predicted octanol–water partition coefficient (Wildman–Crippen LogP) is 2.33. The Morgan fingerprint density at radius 1 is 1.47 bits per heavy atom. The number of nitrogens with one attached hydrogen (secondary N) is 1. The Hall–Kier alpha value is -1.03. The second kappa shape index (κ2) is 7.33. The van der Waals surface area contributed by atoms with E-state index in [0.717, 1.165) is 25.9 Å². The highest BCUT2D eigenvalue weighted by Crippen LogP contribution is 1.99. The van der Waals surface area contributed by atoms with Gasteiger partial charge in [0.1, 0.15) is 0 Å². The van der Waals surface area contributed by atoms with Gasteiger partial charge in [0, 0.05) is 31.4 Å². The minimum absolute atomic E-state index is 0.0490. The normalized spacial score (nSPS) is 10.8. The van der Waals surface area contributed by atoms with Crippen molar-refractivity contribution in [3.63, 3.8) is 0 Å². The molecule has 0 aromatic carbocycles. The lowest BCUT2D eigenvalue weighted by atomic mass is 10.2. The fourth-order valence-electron chi connectivity index (χ4n) is 1.53. The Bertz CT molecular complexity index is 390. The molecule has 96 valence electrons. The monoisotopic (exact) mass is 257 g/mol. The average molecular weight is 258 g/mol. The molecular weight excluding hydrogens is 238 g/mol. The average Bonchev–Trinajstić information content (AvgIpc) is 2.28. The Kier molecular flexibility index (Phi) is 6.05. The maximum absolute atomic E-state index is 12.0. The van der Waals surface area contributed by atoms with E-state index in [1.807, 2.05) is 0 Å². The molecule has 0 atom stereocenters. The molecule has 0 saturated carbocycles. The van der Waals surface area contributed by atoms with Crippen molar-refractivity contribution >= 4 is 17.4 Å². The van der Waals surface area contributed by atoms with Gasteiger partial charge in [-0.1, -0.05) is 13.8 Å². The fourth-order valence-corrected chi connectivity index (χ4v) is 1.72. The van der Waals surface area contributed by atoms with Crippen molar-refractivity contribution in [1.29, 1.82) is 0 Å². The summed E-state index contributed by atoms with van der Waals surface area (Å²) in [5, 5.41) is 3.06. The molecule has 0 amide bonds. The van der Waals surface area contributed by atoms with Crippen molar-refractivity contribution in [3.05, 3.63) is 22.7 Å². The summed E-state index contributed by atoms with van der Waals surface area (Å²) in [6.45, 7) is 5.62. The zero-order valence-electron chi connectivity index (χ0n) is 10.4. The van der Waals surface area contributed by atoms with Crippen molar-refractivity contribution < 1.29 is 0 Å². The summed E-state index contributed by atoms with van der Waals surface area (Å²) in [7, 11) is 0. The topological polar surface area (TPSA) is 46.9 Å². The van der Waals surface area contributed by atoms with Gasteiger partial charge in [0.25, 0.3) is 5.56 Å². The van der Waals surface area contributed by atoms with Crippen LogP contribution in [0.2, 0.25) is 0 Å². The summed E-state index contributed by atoms with van der Waals surface area (Å²) in [5.41, 5.74) is -0.0490. The Morgan fingerprint density at radius 3 is 2.88 bits per heavy atom. The third-order valence-electron chi connectivity index (χ3n) is 2.33. The zero-order chi connectivity index (χ0) is 12.7. The molecule has 0 aliphatic rings. The first-order valence-corrected chi connectivity index (χ1v) is 6.54. The smallest absolute Gasteiger partial charge is 0.293 e. The highest BCUT2D eigenvalue weighted by Gasteiger charge is 2.05. The summed E-state index contributed by atoms with van der Waals surface area (Å²) in [5.74, 6) is 1.53. The first-order chi connectivity index (χ1) is 8.15. The number of halogens is 1. The molecular formula is C12H20ClN3O. The van der Waals surface area contributed by atoms with Gasteiger partial charge in [0.05, 0.1) is 0 Å². The maximum Gasteiger partial charge on any atom is 0.293 e. The van der Waals surface area contributed by atoms with E-state index in [1.54, 1.807) is 17.0 Å². The van der Waals surface area contributed by atoms with E-state index in [9.17, 15) is 4.79 Å². The predicted molar refractivity (Wildman–Crippen MR) is 71.8 cm³/mol. The molecule has 4 nitrogen and oxygen atoms in total. The highest BCUT2D eigenvalue weighted by molar-refractivity contribution is 6.17. The molecule has 1 N–H and O–H groups in total. The first-order valence-electron chi connectivity index (χ1n) is 6.00. The number of rotatable bonds is 7. The Balaban J connectivity index is 2.63. The number of anilines is 1.